The van der Waals surface area contributed by atoms with Crippen LogP contribution in [0.4, 0.5) is 0 Å². The Labute approximate surface area is 172 Å². The van der Waals surface area contributed by atoms with Crippen LogP contribution in [0.2, 0.25) is 5.02 Å². The molecule has 1 spiro atoms. The van der Waals surface area contributed by atoms with E-state index in [1.54, 1.807) is 11.8 Å². The maximum absolute atomic E-state index is 12.0. The Morgan fingerprint density at radius 3 is 2.54 bits per heavy atom. The van der Waals surface area contributed by atoms with Gasteiger partial charge in [-0.05, 0) is 42.5 Å². The van der Waals surface area contributed by atoms with Gasteiger partial charge in [-0.15, -0.1) is 11.8 Å². The summed E-state index contributed by atoms with van der Waals surface area (Å²) in [6.07, 6.45) is 3.11. The van der Waals surface area contributed by atoms with E-state index >= 15 is 0 Å². The quantitative estimate of drug-likeness (QED) is 0.666. The number of fused-ring (bicyclic) bond motifs is 1. The van der Waals surface area contributed by atoms with Crippen LogP contribution < -0.4 is 0 Å². The van der Waals surface area contributed by atoms with E-state index in [0.29, 0.717) is 12.8 Å². The molecule has 2 aliphatic carbocycles. The van der Waals surface area contributed by atoms with Crippen molar-refractivity contribution < 1.29 is 29.6 Å². The summed E-state index contributed by atoms with van der Waals surface area (Å²) in [6, 6.07) is 5.91. The zero-order valence-electron chi connectivity index (χ0n) is 15.2. The lowest BCUT2D eigenvalue weighted by atomic mass is 9.94. The van der Waals surface area contributed by atoms with Gasteiger partial charge in [0.1, 0.15) is 12.2 Å². The van der Waals surface area contributed by atoms with Gasteiger partial charge in [0.25, 0.3) is 0 Å². The van der Waals surface area contributed by atoms with Crippen molar-refractivity contribution >= 4 is 29.3 Å². The lowest BCUT2D eigenvalue weighted by Crippen LogP contribution is -2.37. The number of hydrogen-bond acceptors (Lipinski definition) is 6. The number of hydrogen-bond donors (Lipinski definition) is 3. The zero-order valence-corrected chi connectivity index (χ0v) is 16.8. The van der Waals surface area contributed by atoms with Crippen LogP contribution in [0.5, 0.6) is 0 Å². The summed E-state index contributed by atoms with van der Waals surface area (Å²) in [6.45, 7) is -0.586. The van der Waals surface area contributed by atoms with Gasteiger partial charge in [0, 0.05) is 21.9 Å². The normalized spacial score (nSPS) is 31.0. The number of thioether (sulfide) groups is 1. The Morgan fingerprint density at radius 1 is 1.18 bits per heavy atom. The van der Waals surface area contributed by atoms with E-state index in [1.807, 2.05) is 12.1 Å². The summed E-state index contributed by atoms with van der Waals surface area (Å²) in [5.41, 5.74) is 2.59. The molecule has 1 saturated heterocycles. The van der Waals surface area contributed by atoms with Gasteiger partial charge in [-0.25, -0.2) is 4.79 Å². The van der Waals surface area contributed by atoms with Crippen molar-refractivity contribution in [3.05, 3.63) is 46.0 Å². The number of carboxylic acid groups (broad SMARTS) is 1. The molecule has 6 nitrogen and oxygen atoms in total. The summed E-state index contributed by atoms with van der Waals surface area (Å²) >= 11 is 8.05. The lowest BCUT2D eigenvalue weighted by molar-refractivity contribution is -0.153. The number of halogens is 1. The molecule has 28 heavy (non-hydrogen) atoms. The van der Waals surface area contributed by atoms with Crippen LogP contribution in [-0.2, 0) is 20.7 Å². The maximum Gasteiger partial charge on any atom is 0.332 e. The molecule has 0 aromatic heterocycles. The fourth-order valence-electron chi connectivity index (χ4n) is 4.34. The zero-order chi connectivity index (χ0) is 19.9. The molecule has 4 rings (SSSR count). The minimum atomic E-state index is -1.20. The molecule has 1 aromatic rings. The number of aryl methyl sites for hydroxylation is 1. The van der Waals surface area contributed by atoms with Crippen molar-refractivity contribution in [1.82, 2.24) is 0 Å². The molecule has 3 N–H and O–H groups in total. The summed E-state index contributed by atoms with van der Waals surface area (Å²) in [7, 11) is 0. The summed E-state index contributed by atoms with van der Waals surface area (Å²) < 4.78 is 11.6. The Morgan fingerprint density at radius 2 is 1.89 bits per heavy atom. The average molecular weight is 427 g/mol. The fourth-order valence-corrected chi connectivity index (χ4v) is 6.37. The third-order valence-corrected chi connectivity index (χ3v) is 7.62. The number of benzene rings is 1. The molecule has 1 aromatic carbocycles. The average Bonchev–Trinajstić information content (AvgIpc) is 3.25. The SMILES string of the molecule is O=C(O)C1=CC2(CC[C@H]1S[C@H]1CCc3cccc(Cl)c31)O[C@H](CO)[C@@H](CO)O2. The smallest absolute Gasteiger partial charge is 0.332 e. The maximum atomic E-state index is 12.0. The predicted octanol–water partition coefficient (Wildman–Crippen LogP) is 2.70. The largest absolute Gasteiger partial charge is 0.478 e. The Bertz CT molecular complexity index is 785. The monoisotopic (exact) mass is 426 g/mol. The van der Waals surface area contributed by atoms with Crippen molar-refractivity contribution in [3.63, 3.8) is 0 Å². The molecule has 4 atom stereocenters. The van der Waals surface area contributed by atoms with Crippen LogP contribution >= 0.6 is 23.4 Å². The number of carboxylic acids is 1. The third kappa shape index (κ3) is 3.60. The number of rotatable bonds is 5. The summed E-state index contributed by atoms with van der Waals surface area (Å²) in [4.78, 5) is 12.0. The first-order valence-electron chi connectivity index (χ1n) is 9.42. The van der Waals surface area contributed by atoms with Crippen molar-refractivity contribution in [3.8, 4) is 0 Å². The molecule has 152 valence electrons. The van der Waals surface area contributed by atoms with Gasteiger partial charge in [0.2, 0.25) is 0 Å². The van der Waals surface area contributed by atoms with Crippen molar-refractivity contribution in [1.29, 1.82) is 0 Å². The molecule has 3 aliphatic rings. The van der Waals surface area contributed by atoms with E-state index in [9.17, 15) is 20.1 Å². The second-order valence-corrected chi connectivity index (χ2v) is 9.22. The first kappa shape index (κ1) is 20.2. The molecule has 0 bridgehead atoms. The minimum absolute atomic E-state index is 0.159. The van der Waals surface area contributed by atoms with E-state index in [2.05, 4.69) is 6.07 Å². The van der Waals surface area contributed by atoms with Gasteiger partial charge >= 0.3 is 5.97 Å². The topological polar surface area (TPSA) is 96.2 Å². The number of carbonyl (C=O) groups is 1. The van der Waals surface area contributed by atoms with E-state index < -0.39 is 24.0 Å². The molecular weight excluding hydrogens is 404 g/mol. The van der Waals surface area contributed by atoms with Crippen LogP contribution in [0.3, 0.4) is 0 Å². The molecule has 0 radical (unpaired) electrons. The number of aliphatic hydroxyl groups excluding tert-OH is 2. The highest BCUT2D eigenvalue weighted by Crippen LogP contribution is 2.50. The van der Waals surface area contributed by atoms with Crippen LogP contribution in [0.15, 0.2) is 29.8 Å². The highest BCUT2D eigenvalue weighted by molar-refractivity contribution is 8.00. The van der Waals surface area contributed by atoms with E-state index in [0.717, 1.165) is 23.4 Å². The number of ether oxygens (including phenoxy) is 2. The van der Waals surface area contributed by atoms with Gasteiger partial charge in [-0.1, -0.05) is 23.7 Å². The van der Waals surface area contributed by atoms with Crippen molar-refractivity contribution in [2.75, 3.05) is 13.2 Å². The van der Waals surface area contributed by atoms with Crippen LogP contribution in [-0.4, -0.2) is 57.7 Å². The van der Waals surface area contributed by atoms with Gasteiger partial charge in [-0.2, -0.15) is 0 Å². The summed E-state index contributed by atoms with van der Waals surface area (Å²) in [5, 5.41) is 29.4. The fraction of sp³-hybridized carbons (Fsp3) is 0.550. The molecule has 8 heteroatoms. The molecule has 0 saturated carbocycles. The predicted molar refractivity (Wildman–Crippen MR) is 105 cm³/mol. The molecule has 1 aliphatic heterocycles. The highest BCUT2D eigenvalue weighted by Gasteiger charge is 2.49. The first-order chi connectivity index (χ1) is 13.5. The highest BCUT2D eigenvalue weighted by atomic mass is 35.5. The number of aliphatic carboxylic acids is 1. The summed E-state index contributed by atoms with van der Waals surface area (Å²) in [5.74, 6) is -2.20. The van der Waals surface area contributed by atoms with Gasteiger partial charge < -0.3 is 24.8 Å². The van der Waals surface area contributed by atoms with Crippen molar-refractivity contribution in [2.24, 2.45) is 0 Å². The van der Waals surface area contributed by atoms with E-state index in [1.165, 1.54) is 11.6 Å². The first-order valence-corrected chi connectivity index (χ1v) is 10.7. The van der Waals surface area contributed by atoms with Crippen molar-refractivity contribution in [2.45, 2.75) is 54.2 Å². The molecule has 1 heterocycles. The Balaban J connectivity index is 1.57. The van der Waals surface area contributed by atoms with Crippen LogP contribution in [0.25, 0.3) is 0 Å². The standard InChI is InChI=1S/C20H23ClO6S/c21-13-3-1-2-11-4-5-17(18(11)13)28-16-6-7-20(8-12(16)19(24)25)26-14(9-22)15(10-23)27-20/h1-3,8,14-17,22-23H,4-7,9-10H2,(H,24,25)/t14-,15-,16-,17+/m1/s1. The van der Waals surface area contributed by atoms with Crippen LogP contribution in [0, 0.1) is 0 Å². The number of aliphatic hydroxyl groups is 2. The molecule has 1 fully saturated rings. The minimum Gasteiger partial charge on any atom is -0.478 e. The Hall–Kier alpha value is -1.09. The molecule has 0 amide bonds. The van der Waals surface area contributed by atoms with Gasteiger partial charge in [-0.3, -0.25) is 0 Å². The van der Waals surface area contributed by atoms with E-state index in [4.69, 9.17) is 21.1 Å². The van der Waals surface area contributed by atoms with Crippen LogP contribution in [0.1, 0.15) is 35.6 Å². The third-order valence-electron chi connectivity index (χ3n) is 5.67. The second-order valence-electron chi connectivity index (χ2n) is 7.40. The van der Waals surface area contributed by atoms with Gasteiger partial charge in [0.05, 0.1) is 18.8 Å². The van der Waals surface area contributed by atoms with E-state index in [-0.39, 0.29) is 29.3 Å². The molecule has 0 unspecified atom stereocenters. The molecular formula is C20H23ClO6S. The lowest BCUT2D eigenvalue weighted by Gasteiger charge is -2.34. The second kappa shape index (κ2) is 7.97. The van der Waals surface area contributed by atoms with Gasteiger partial charge in [0.15, 0.2) is 5.79 Å². The Kier molecular flexibility index (Phi) is 5.75.